The lowest BCUT2D eigenvalue weighted by Gasteiger charge is -2.19. The molecule has 15 heavy (non-hydrogen) atoms. The molecular formula is C10H10ClNO3. The molecule has 0 bridgehead atoms. The number of carboxylic acids is 1. The Hall–Kier alpha value is -1.55. The fourth-order valence-corrected chi connectivity index (χ4v) is 1.41. The molecule has 0 saturated carbocycles. The fourth-order valence-electron chi connectivity index (χ4n) is 1.17. The van der Waals surface area contributed by atoms with Crippen LogP contribution in [0.4, 0.5) is 5.69 Å². The quantitative estimate of drug-likeness (QED) is 0.856. The summed E-state index contributed by atoms with van der Waals surface area (Å²) in [5, 5.41) is 9.00. The van der Waals surface area contributed by atoms with E-state index in [1.807, 2.05) is 0 Å². The van der Waals surface area contributed by atoms with E-state index in [-0.39, 0.29) is 12.5 Å². The summed E-state index contributed by atoms with van der Waals surface area (Å²) in [5.74, 6) is -1.43. The van der Waals surface area contributed by atoms with Crippen molar-refractivity contribution in [1.29, 1.82) is 0 Å². The van der Waals surface area contributed by atoms with Crippen LogP contribution in [0.5, 0.6) is 0 Å². The summed E-state index contributed by atoms with van der Waals surface area (Å²) in [7, 11) is 0. The average Bonchev–Trinajstić information content (AvgIpc) is 2.15. The topological polar surface area (TPSA) is 57.6 Å². The van der Waals surface area contributed by atoms with Gasteiger partial charge in [-0.25, -0.2) is 0 Å². The SMILES string of the molecule is CC(=O)N(CC(=O)O)c1ccccc1Cl. The van der Waals surface area contributed by atoms with Crippen molar-refractivity contribution in [2.24, 2.45) is 0 Å². The zero-order valence-electron chi connectivity index (χ0n) is 8.11. The highest BCUT2D eigenvalue weighted by Gasteiger charge is 2.16. The van der Waals surface area contributed by atoms with Gasteiger partial charge in [0.2, 0.25) is 5.91 Å². The number of halogens is 1. The number of amides is 1. The van der Waals surface area contributed by atoms with E-state index in [2.05, 4.69) is 0 Å². The normalized spacial score (nSPS) is 9.73. The van der Waals surface area contributed by atoms with E-state index < -0.39 is 5.97 Å². The number of hydrogen-bond donors (Lipinski definition) is 1. The van der Waals surface area contributed by atoms with Gasteiger partial charge in [-0.15, -0.1) is 0 Å². The van der Waals surface area contributed by atoms with Crippen molar-refractivity contribution in [3.05, 3.63) is 29.3 Å². The Bertz CT molecular complexity index is 392. The summed E-state index contributed by atoms with van der Waals surface area (Å²) >= 11 is 5.86. The van der Waals surface area contributed by atoms with Crippen LogP contribution in [0.15, 0.2) is 24.3 Å². The number of carboxylic acid groups (broad SMARTS) is 1. The highest BCUT2D eigenvalue weighted by molar-refractivity contribution is 6.33. The van der Waals surface area contributed by atoms with Gasteiger partial charge < -0.3 is 5.11 Å². The molecule has 0 aromatic heterocycles. The molecule has 1 rings (SSSR count). The maximum atomic E-state index is 11.2. The maximum Gasteiger partial charge on any atom is 0.323 e. The van der Waals surface area contributed by atoms with E-state index in [9.17, 15) is 9.59 Å². The summed E-state index contributed by atoms with van der Waals surface area (Å²) in [5.41, 5.74) is 0.411. The second kappa shape index (κ2) is 4.79. The number of anilines is 1. The molecule has 0 aliphatic carbocycles. The van der Waals surface area contributed by atoms with Crippen LogP contribution in [0.3, 0.4) is 0 Å². The number of benzene rings is 1. The Morgan fingerprint density at radius 1 is 1.40 bits per heavy atom. The molecule has 0 aliphatic heterocycles. The van der Waals surface area contributed by atoms with Gasteiger partial charge in [-0.3, -0.25) is 14.5 Å². The minimum atomic E-state index is -1.08. The fraction of sp³-hybridized carbons (Fsp3) is 0.200. The van der Waals surface area contributed by atoms with Crippen molar-refractivity contribution in [3.63, 3.8) is 0 Å². The van der Waals surface area contributed by atoms with E-state index in [1.165, 1.54) is 6.92 Å². The van der Waals surface area contributed by atoms with Crippen LogP contribution in [-0.2, 0) is 9.59 Å². The van der Waals surface area contributed by atoms with E-state index >= 15 is 0 Å². The van der Waals surface area contributed by atoms with Crippen molar-refractivity contribution in [3.8, 4) is 0 Å². The molecule has 1 N–H and O–H groups in total. The van der Waals surface area contributed by atoms with Crippen LogP contribution in [0, 0.1) is 0 Å². The number of nitrogens with zero attached hydrogens (tertiary/aromatic N) is 1. The van der Waals surface area contributed by atoms with Gasteiger partial charge in [0.25, 0.3) is 0 Å². The Balaban J connectivity index is 3.04. The monoisotopic (exact) mass is 227 g/mol. The van der Waals surface area contributed by atoms with Crippen LogP contribution in [0.1, 0.15) is 6.92 Å². The van der Waals surface area contributed by atoms with Crippen molar-refractivity contribution < 1.29 is 14.7 Å². The Kier molecular flexibility index (Phi) is 3.68. The minimum Gasteiger partial charge on any atom is -0.480 e. The lowest BCUT2D eigenvalue weighted by molar-refractivity contribution is -0.136. The third-order valence-corrected chi connectivity index (χ3v) is 2.14. The van der Waals surface area contributed by atoms with E-state index in [0.29, 0.717) is 10.7 Å². The maximum absolute atomic E-state index is 11.2. The molecule has 80 valence electrons. The zero-order chi connectivity index (χ0) is 11.4. The molecule has 0 radical (unpaired) electrons. The molecule has 0 unspecified atom stereocenters. The van der Waals surface area contributed by atoms with Crippen LogP contribution < -0.4 is 4.90 Å². The lowest BCUT2D eigenvalue weighted by Crippen LogP contribution is -2.33. The summed E-state index contributed by atoms with van der Waals surface area (Å²) < 4.78 is 0. The van der Waals surface area contributed by atoms with E-state index in [0.717, 1.165) is 4.90 Å². The largest absolute Gasteiger partial charge is 0.480 e. The Morgan fingerprint density at radius 2 is 2.00 bits per heavy atom. The molecule has 0 saturated heterocycles. The minimum absolute atomic E-state index is 0.356. The Labute approximate surface area is 92.1 Å². The first-order valence-electron chi connectivity index (χ1n) is 4.27. The van der Waals surface area contributed by atoms with Crippen LogP contribution in [-0.4, -0.2) is 23.5 Å². The smallest absolute Gasteiger partial charge is 0.323 e. The molecule has 0 aliphatic rings. The first-order valence-corrected chi connectivity index (χ1v) is 4.64. The average molecular weight is 228 g/mol. The zero-order valence-corrected chi connectivity index (χ0v) is 8.86. The molecule has 1 aromatic rings. The summed E-state index contributed by atoms with van der Waals surface area (Å²) in [4.78, 5) is 22.9. The van der Waals surface area contributed by atoms with Crippen molar-refractivity contribution in [2.45, 2.75) is 6.92 Å². The second-order valence-electron chi connectivity index (χ2n) is 2.95. The molecule has 0 atom stereocenters. The standard InChI is InChI=1S/C10H10ClNO3/c1-7(13)12(6-10(14)15)9-5-3-2-4-8(9)11/h2-5H,6H2,1H3,(H,14,15). The number of rotatable bonds is 3. The molecule has 0 fully saturated rings. The molecule has 0 heterocycles. The molecule has 1 aromatic carbocycles. The van der Waals surface area contributed by atoms with Crippen LogP contribution in [0.2, 0.25) is 5.02 Å². The van der Waals surface area contributed by atoms with Gasteiger partial charge in [0.15, 0.2) is 0 Å². The molecule has 1 amide bonds. The van der Waals surface area contributed by atoms with Gasteiger partial charge in [0.1, 0.15) is 6.54 Å². The van der Waals surface area contributed by atoms with E-state index in [4.69, 9.17) is 16.7 Å². The summed E-state index contributed by atoms with van der Waals surface area (Å²) in [6.07, 6.45) is 0. The van der Waals surface area contributed by atoms with Crippen LogP contribution >= 0.6 is 11.6 Å². The highest BCUT2D eigenvalue weighted by atomic mass is 35.5. The van der Waals surface area contributed by atoms with Crippen molar-refractivity contribution >= 4 is 29.2 Å². The second-order valence-corrected chi connectivity index (χ2v) is 3.36. The van der Waals surface area contributed by atoms with Crippen molar-refractivity contribution in [2.75, 3.05) is 11.4 Å². The third kappa shape index (κ3) is 2.95. The third-order valence-electron chi connectivity index (χ3n) is 1.82. The number of carbonyl (C=O) groups excluding carboxylic acids is 1. The predicted octanol–water partition coefficient (Wildman–Crippen LogP) is 1.78. The van der Waals surface area contributed by atoms with Gasteiger partial charge >= 0.3 is 5.97 Å². The number of para-hydroxylation sites is 1. The van der Waals surface area contributed by atoms with Gasteiger partial charge in [-0.1, -0.05) is 23.7 Å². The van der Waals surface area contributed by atoms with Gasteiger partial charge in [0, 0.05) is 6.92 Å². The van der Waals surface area contributed by atoms with E-state index in [1.54, 1.807) is 24.3 Å². The van der Waals surface area contributed by atoms with Gasteiger partial charge in [-0.2, -0.15) is 0 Å². The summed E-state index contributed by atoms with van der Waals surface area (Å²) in [6.45, 7) is 0.908. The predicted molar refractivity (Wildman–Crippen MR) is 57.1 cm³/mol. The molecule has 5 heteroatoms. The first kappa shape index (κ1) is 11.5. The molecule has 4 nitrogen and oxygen atoms in total. The number of aliphatic carboxylic acids is 1. The van der Waals surface area contributed by atoms with Gasteiger partial charge in [0.05, 0.1) is 10.7 Å². The van der Waals surface area contributed by atoms with Gasteiger partial charge in [-0.05, 0) is 12.1 Å². The first-order chi connectivity index (χ1) is 7.02. The highest BCUT2D eigenvalue weighted by Crippen LogP contribution is 2.24. The lowest BCUT2D eigenvalue weighted by atomic mass is 10.3. The van der Waals surface area contributed by atoms with Crippen molar-refractivity contribution in [1.82, 2.24) is 0 Å². The Morgan fingerprint density at radius 3 is 2.47 bits per heavy atom. The number of carbonyl (C=O) groups is 2. The molecule has 0 spiro atoms. The molecular weight excluding hydrogens is 218 g/mol. The number of hydrogen-bond acceptors (Lipinski definition) is 2. The summed E-state index contributed by atoms with van der Waals surface area (Å²) in [6, 6.07) is 6.62. The van der Waals surface area contributed by atoms with Crippen LogP contribution in [0.25, 0.3) is 0 Å².